The third-order valence-electron chi connectivity index (χ3n) is 3.84. The lowest BCUT2D eigenvalue weighted by atomic mass is 10.1. The Morgan fingerprint density at radius 3 is 2.63 bits per heavy atom. The molecule has 2 fully saturated rings. The number of likely N-dealkylation sites (tertiary alicyclic amines) is 1. The molecule has 0 aromatic heterocycles. The molecular formula is C14H17F3N2. The molecular weight excluding hydrogens is 253 g/mol. The minimum Gasteiger partial charge on any atom is -0.381 e. The van der Waals surface area contributed by atoms with Crippen molar-refractivity contribution in [3.63, 3.8) is 0 Å². The molecule has 2 nitrogen and oxygen atoms in total. The lowest BCUT2D eigenvalue weighted by molar-refractivity contribution is -0.137. The van der Waals surface area contributed by atoms with Gasteiger partial charge in [0.15, 0.2) is 0 Å². The Labute approximate surface area is 110 Å². The third kappa shape index (κ3) is 3.03. The Morgan fingerprint density at radius 2 is 1.95 bits per heavy atom. The van der Waals surface area contributed by atoms with Crippen LogP contribution in [0.25, 0.3) is 0 Å². The highest BCUT2D eigenvalue weighted by molar-refractivity contribution is 5.47. The molecule has 0 amide bonds. The van der Waals surface area contributed by atoms with E-state index in [-0.39, 0.29) is 6.04 Å². The van der Waals surface area contributed by atoms with Crippen LogP contribution in [0.4, 0.5) is 18.9 Å². The first-order valence-corrected chi connectivity index (χ1v) is 6.70. The van der Waals surface area contributed by atoms with Crippen molar-refractivity contribution in [2.24, 2.45) is 0 Å². The monoisotopic (exact) mass is 270 g/mol. The fourth-order valence-corrected chi connectivity index (χ4v) is 2.70. The maximum atomic E-state index is 12.6. The van der Waals surface area contributed by atoms with Crippen LogP contribution in [0, 0.1) is 0 Å². The largest absolute Gasteiger partial charge is 0.416 e. The van der Waals surface area contributed by atoms with Crippen molar-refractivity contribution in [1.29, 1.82) is 0 Å². The van der Waals surface area contributed by atoms with Gasteiger partial charge in [0.05, 0.1) is 5.56 Å². The van der Waals surface area contributed by atoms with Crippen LogP contribution >= 0.6 is 0 Å². The van der Waals surface area contributed by atoms with Crippen LogP contribution in [0.2, 0.25) is 0 Å². The SMILES string of the molecule is FC(F)(F)c1cccc(NC2CCN(C3CC3)C2)c1. The van der Waals surface area contributed by atoms with Crippen LogP contribution in [0.15, 0.2) is 24.3 Å². The molecule has 0 bridgehead atoms. The zero-order chi connectivity index (χ0) is 13.5. The highest BCUT2D eigenvalue weighted by atomic mass is 19.4. The van der Waals surface area contributed by atoms with E-state index in [9.17, 15) is 13.2 Å². The van der Waals surface area contributed by atoms with Crippen molar-refractivity contribution < 1.29 is 13.2 Å². The number of rotatable bonds is 3. The highest BCUT2D eigenvalue weighted by Crippen LogP contribution is 2.32. The van der Waals surface area contributed by atoms with Gasteiger partial charge in [-0.15, -0.1) is 0 Å². The zero-order valence-corrected chi connectivity index (χ0v) is 10.6. The summed E-state index contributed by atoms with van der Waals surface area (Å²) in [6.07, 6.45) is -0.716. The van der Waals surface area contributed by atoms with Gasteiger partial charge in [-0.3, -0.25) is 4.90 Å². The second-order valence-electron chi connectivity index (χ2n) is 5.43. The Bertz CT molecular complexity index is 454. The molecule has 104 valence electrons. The molecule has 1 aromatic rings. The summed E-state index contributed by atoms with van der Waals surface area (Å²) in [5.41, 5.74) is -0.0213. The van der Waals surface area contributed by atoms with E-state index in [2.05, 4.69) is 10.2 Å². The number of hydrogen-bond donors (Lipinski definition) is 1. The van der Waals surface area contributed by atoms with Crippen molar-refractivity contribution >= 4 is 5.69 Å². The summed E-state index contributed by atoms with van der Waals surface area (Å²) < 4.78 is 37.9. The fraction of sp³-hybridized carbons (Fsp3) is 0.571. The normalized spacial score (nSPS) is 24.7. The van der Waals surface area contributed by atoms with Crippen molar-refractivity contribution in [2.45, 2.75) is 37.5 Å². The summed E-state index contributed by atoms with van der Waals surface area (Å²) in [5, 5.41) is 3.22. The Balaban J connectivity index is 1.63. The average Bonchev–Trinajstić information content (AvgIpc) is 3.10. The molecule has 1 unspecified atom stereocenters. The summed E-state index contributed by atoms with van der Waals surface area (Å²) in [4.78, 5) is 2.44. The van der Waals surface area contributed by atoms with E-state index < -0.39 is 11.7 Å². The molecule has 1 N–H and O–H groups in total. The molecule has 0 spiro atoms. The number of benzene rings is 1. The molecule has 1 aromatic carbocycles. The van der Waals surface area contributed by atoms with Gasteiger partial charge < -0.3 is 5.32 Å². The van der Waals surface area contributed by atoms with Gasteiger partial charge in [-0.25, -0.2) is 0 Å². The lowest BCUT2D eigenvalue weighted by Gasteiger charge is -2.17. The van der Waals surface area contributed by atoms with E-state index in [1.807, 2.05) is 0 Å². The average molecular weight is 270 g/mol. The molecule has 5 heteroatoms. The maximum Gasteiger partial charge on any atom is 0.416 e. The number of halogens is 3. The van der Waals surface area contributed by atoms with Crippen LogP contribution < -0.4 is 5.32 Å². The van der Waals surface area contributed by atoms with Gasteiger partial charge in [0, 0.05) is 30.9 Å². The second kappa shape index (κ2) is 4.71. The number of anilines is 1. The van der Waals surface area contributed by atoms with E-state index in [1.54, 1.807) is 6.07 Å². The molecule has 1 heterocycles. The van der Waals surface area contributed by atoms with Gasteiger partial charge in [0.25, 0.3) is 0 Å². The van der Waals surface area contributed by atoms with E-state index in [0.29, 0.717) is 5.69 Å². The molecule has 1 saturated carbocycles. The van der Waals surface area contributed by atoms with Crippen LogP contribution in [0.1, 0.15) is 24.8 Å². The van der Waals surface area contributed by atoms with Crippen LogP contribution in [0.3, 0.4) is 0 Å². The molecule has 1 aliphatic carbocycles. The zero-order valence-electron chi connectivity index (χ0n) is 10.6. The smallest absolute Gasteiger partial charge is 0.381 e. The minimum atomic E-state index is -4.27. The first kappa shape index (κ1) is 12.8. The molecule has 3 rings (SSSR count). The molecule has 0 radical (unpaired) electrons. The van der Waals surface area contributed by atoms with Crippen molar-refractivity contribution in [3.05, 3.63) is 29.8 Å². The summed E-state index contributed by atoms with van der Waals surface area (Å²) in [5.74, 6) is 0. The van der Waals surface area contributed by atoms with Crippen LogP contribution in [0.5, 0.6) is 0 Å². The van der Waals surface area contributed by atoms with E-state index in [4.69, 9.17) is 0 Å². The van der Waals surface area contributed by atoms with Crippen LogP contribution in [-0.2, 0) is 6.18 Å². The Hall–Kier alpha value is -1.23. The minimum absolute atomic E-state index is 0.268. The van der Waals surface area contributed by atoms with Gasteiger partial charge in [-0.05, 0) is 37.5 Å². The summed E-state index contributed by atoms with van der Waals surface area (Å²) in [6.45, 7) is 2.00. The number of hydrogen-bond acceptors (Lipinski definition) is 2. The van der Waals surface area contributed by atoms with Gasteiger partial charge in [-0.2, -0.15) is 13.2 Å². The van der Waals surface area contributed by atoms with Crippen molar-refractivity contribution in [3.8, 4) is 0 Å². The molecule has 1 aliphatic heterocycles. The quantitative estimate of drug-likeness (QED) is 0.906. The maximum absolute atomic E-state index is 12.6. The van der Waals surface area contributed by atoms with E-state index >= 15 is 0 Å². The van der Waals surface area contributed by atoms with Crippen LogP contribution in [-0.4, -0.2) is 30.1 Å². The van der Waals surface area contributed by atoms with Gasteiger partial charge in [-0.1, -0.05) is 6.07 Å². The topological polar surface area (TPSA) is 15.3 Å². The summed E-state index contributed by atoms with van der Waals surface area (Å²) in [6, 6.07) is 6.46. The summed E-state index contributed by atoms with van der Waals surface area (Å²) in [7, 11) is 0. The molecule has 2 aliphatic rings. The number of alkyl halides is 3. The van der Waals surface area contributed by atoms with Gasteiger partial charge >= 0.3 is 6.18 Å². The number of nitrogens with one attached hydrogen (secondary N) is 1. The molecule has 19 heavy (non-hydrogen) atoms. The van der Waals surface area contributed by atoms with Gasteiger partial charge in [0.2, 0.25) is 0 Å². The fourth-order valence-electron chi connectivity index (χ4n) is 2.70. The predicted molar refractivity (Wildman–Crippen MR) is 68.1 cm³/mol. The van der Waals surface area contributed by atoms with Crippen molar-refractivity contribution in [2.75, 3.05) is 18.4 Å². The Kier molecular flexibility index (Phi) is 3.17. The highest BCUT2D eigenvalue weighted by Gasteiger charge is 2.34. The van der Waals surface area contributed by atoms with Crippen molar-refractivity contribution in [1.82, 2.24) is 4.90 Å². The standard InChI is InChI=1S/C14H17F3N2/c15-14(16,17)10-2-1-3-11(8-10)18-12-6-7-19(9-12)13-4-5-13/h1-3,8,12-13,18H,4-7,9H2. The number of nitrogens with zero attached hydrogens (tertiary/aromatic N) is 1. The summed E-state index contributed by atoms with van der Waals surface area (Å²) >= 11 is 0. The third-order valence-corrected chi connectivity index (χ3v) is 3.84. The molecule has 1 atom stereocenters. The van der Waals surface area contributed by atoms with E-state index in [0.717, 1.165) is 31.6 Å². The van der Waals surface area contributed by atoms with E-state index in [1.165, 1.54) is 25.0 Å². The predicted octanol–water partition coefficient (Wildman–Crippen LogP) is 3.35. The first-order valence-electron chi connectivity index (χ1n) is 6.70. The Morgan fingerprint density at radius 1 is 1.16 bits per heavy atom. The lowest BCUT2D eigenvalue weighted by Crippen LogP contribution is -2.27. The first-order chi connectivity index (χ1) is 9.02. The van der Waals surface area contributed by atoms with Gasteiger partial charge in [0.1, 0.15) is 0 Å². The molecule has 1 saturated heterocycles. The second-order valence-corrected chi connectivity index (χ2v) is 5.43.